The highest BCUT2D eigenvalue weighted by atomic mass is 31.2. The number of amides is 1. The Balaban J connectivity index is 4.17. The predicted octanol–water partition coefficient (Wildman–Crippen LogP) is 17.7. The van der Waals surface area contributed by atoms with Gasteiger partial charge in [-0.05, 0) is 32.1 Å². The topological polar surface area (TPSA) is 108 Å². The van der Waals surface area contributed by atoms with Gasteiger partial charge in [0.25, 0.3) is 7.82 Å². The maximum absolute atomic E-state index is 13.0. The summed E-state index contributed by atoms with van der Waals surface area (Å²) in [6, 6.07) is -0.900. The smallest absolute Gasteiger partial charge is 0.268 e. The minimum atomic E-state index is -4.60. The zero-order valence-corrected chi connectivity index (χ0v) is 47.7. The first-order chi connectivity index (χ1) is 33.5. The number of nitrogens with one attached hydrogen (secondary N) is 1. The Hall–Kier alpha value is -1.02. The van der Waals surface area contributed by atoms with Crippen LogP contribution in [0.25, 0.3) is 0 Å². The standard InChI is InChI=1S/C60H119N2O6P/c1-6-8-10-12-14-16-18-20-22-24-26-28-29-30-31-32-34-36-38-40-42-44-46-48-50-52-54-60(64)61-58(57-68-69(65,66)67-56-55-62(3,4)5)59(63)53-51-49-47-45-43-41-39-37-35-33-27-25-23-21-19-17-15-13-11-9-7-2/h43,45,51,53,58-59,63H,6-42,44,46-50,52,54-57H2,1-5H3,(H-,61,64,65,66)/b45-43+,53-51+. The third-order valence-electron chi connectivity index (χ3n) is 13.9. The lowest BCUT2D eigenvalue weighted by atomic mass is 10.0. The molecule has 0 rings (SSSR count). The lowest BCUT2D eigenvalue weighted by Gasteiger charge is -2.29. The van der Waals surface area contributed by atoms with Crippen molar-refractivity contribution in [2.75, 3.05) is 40.9 Å². The van der Waals surface area contributed by atoms with Crippen LogP contribution in [-0.4, -0.2) is 68.5 Å². The van der Waals surface area contributed by atoms with Crippen LogP contribution in [-0.2, 0) is 18.4 Å². The zero-order valence-electron chi connectivity index (χ0n) is 46.8. The summed E-state index contributed by atoms with van der Waals surface area (Å²) in [5, 5.41) is 13.9. The number of carbonyl (C=O) groups excluding carboxylic acids is 1. The molecule has 3 atom stereocenters. The molecule has 9 heteroatoms. The van der Waals surface area contributed by atoms with Crippen LogP contribution in [0.2, 0.25) is 0 Å². The van der Waals surface area contributed by atoms with Crippen LogP contribution in [0.15, 0.2) is 24.3 Å². The van der Waals surface area contributed by atoms with E-state index in [9.17, 15) is 19.4 Å². The fourth-order valence-corrected chi connectivity index (χ4v) is 9.90. The quantitative estimate of drug-likeness (QED) is 0.0272. The van der Waals surface area contributed by atoms with Gasteiger partial charge >= 0.3 is 0 Å². The van der Waals surface area contributed by atoms with E-state index in [1.807, 2.05) is 27.2 Å². The molecule has 0 bridgehead atoms. The molecule has 0 aromatic heterocycles. The molecule has 0 aromatic rings. The van der Waals surface area contributed by atoms with Gasteiger partial charge in [0.05, 0.1) is 39.9 Å². The van der Waals surface area contributed by atoms with Crippen LogP contribution in [0, 0.1) is 0 Å². The summed E-state index contributed by atoms with van der Waals surface area (Å²) >= 11 is 0. The SMILES string of the molecule is CCCCCCCCCCCCCCCCC/C=C/CC/C=C/C(O)C(COP(=O)([O-])OCC[N+](C)(C)C)NC(=O)CCCCCCCCCCCCCCCCCCCCCCCCCCCC. The number of hydrogen-bond donors (Lipinski definition) is 2. The number of quaternary nitrogens is 1. The van der Waals surface area contributed by atoms with Gasteiger partial charge in [0.15, 0.2) is 0 Å². The first kappa shape index (κ1) is 68.0. The minimum Gasteiger partial charge on any atom is -0.756 e. The van der Waals surface area contributed by atoms with Crippen LogP contribution in [0.4, 0.5) is 0 Å². The molecular weight excluding hydrogens is 876 g/mol. The number of hydrogen-bond acceptors (Lipinski definition) is 6. The molecule has 0 aliphatic carbocycles. The molecule has 2 N–H and O–H groups in total. The summed E-state index contributed by atoms with van der Waals surface area (Å²) in [6.07, 6.45) is 65.5. The van der Waals surface area contributed by atoms with Crippen molar-refractivity contribution in [1.29, 1.82) is 0 Å². The van der Waals surface area contributed by atoms with Crippen LogP contribution in [0.5, 0.6) is 0 Å². The van der Waals surface area contributed by atoms with Gasteiger partial charge in [0, 0.05) is 6.42 Å². The average molecular weight is 996 g/mol. The fourth-order valence-electron chi connectivity index (χ4n) is 9.17. The maximum Gasteiger partial charge on any atom is 0.268 e. The Bertz CT molecular complexity index is 1170. The zero-order chi connectivity index (χ0) is 50.6. The molecule has 0 radical (unpaired) electrons. The first-order valence-electron chi connectivity index (χ1n) is 30.2. The molecule has 1 amide bonds. The van der Waals surface area contributed by atoms with Gasteiger partial charge in [-0.3, -0.25) is 9.36 Å². The summed E-state index contributed by atoms with van der Waals surface area (Å²) in [5.41, 5.74) is 0. The molecular formula is C60H119N2O6P. The van der Waals surface area contributed by atoms with E-state index in [1.165, 1.54) is 244 Å². The molecule has 69 heavy (non-hydrogen) atoms. The number of phosphoric ester groups is 1. The Morgan fingerprint density at radius 2 is 0.812 bits per heavy atom. The molecule has 8 nitrogen and oxygen atoms in total. The highest BCUT2D eigenvalue weighted by Gasteiger charge is 2.23. The molecule has 410 valence electrons. The number of allylic oxidation sites excluding steroid dienone is 3. The number of rotatable bonds is 56. The van der Waals surface area contributed by atoms with Crippen LogP contribution in [0.1, 0.15) is 303 Å². The predicted molar refractivity (Wildman–Crippen MR) is 298 cm³/mol. The fraction of sp³-hybridized carbons (Fsp3) is 0.917. The number of likely N-dealkylation sites (N-methyl/N-ethyl adjacent to an activating group) is 1. The second kappa shape index (κ2) is 51.9. The largest absolute Gasteiger partial charge is 0.756 e. The molecule has 0 aliphatic heterocycles. The Morgan fingerprint density at radius 3 is 1.17 bits per heavy atom. The summed E-state index contributed by atoms with van der Waals surface area (Å²) < 4.78 is 23.4. The highest BCUT2D eigenvalue weighted by Crippen LogP contribution is 2.38. The van der Waals surface area contributed by atoms with Gasteiger partial charge in [0.1, 0.15) is 13.2 Å². The number of carbonyl (C=O) groups is 1. The minimum absolute atomic E-state index is 0.00364. The van der Waals surface area contributed by atoms with E-state index >= 15 is 0 Å². The Kier molecular flexibility index (Phi) is 51.1. The van der Waals surface area contributed by atoms with Crippen molar-refractivity contribution in [1.82, 2.24) is 5.32 Å². The van der Waals surface area contributed by atoms with Crippen molar-refractivity contribution >= 4 is 13.7 Å². The number of aliphatic hydroxyl groups excluding tert-OH is 1. The lowest BCUT2D eigenvalue weighted by molar-refractivity contribution is -0.870. The number of unbranched alkanes of at least 4 members (excludes halogenated alkanes) is 41. The van der Waals surface area contributed by atoms with Crippen LogP contribution >= 0.6 is 7.82 Å². The summed E-state index contributed by atoms with van der Waals surface area (Å²) in [4.78, 5) is 25.5. The normalized spacial score (nSPS) is 14.0. The van der Waals surface area contributed by atoms with E-state index in [0.29, 0.717) is 17.4 Å². The molecule has 3 unspecified atom stereocenters. The van der Waals surface area contributed by atoms with Gasteiger partial charge in [-0.1, -0.05) is 289 Å². The van der Waals surface area contributed by atoms with Crippen molar-refractivity contribution in [2.45, 2.75) is 315 Å². The van der Waals surface area contributed by atoms with Crippen LogP contribution < -0.4 is 10.2 Å². The second-order valence-corrected chi connectivity index (χ2v) is 23.5. The molecule has 0 saturated heterocycles. The first-order valence-corrected chi connectivity index (χ1v) is 31.7. The third-order valence-corrected chi connectivity index (χ3v) is 14.9. The van der Waals surface area contributed by atoms with Gasteiger partial charge in [-0.25, -0.2) is 0 Å². The highest BCUT2D eigenvalue weighted by molar-refractivity contribution is 7.45. The van der Waals surface area contributed by atoms with Gasteiger partial charge in [-0.2, -0.15) is 0 Å². The van der Waals surface area contributed by atoms with Crippen molar-refractivity contribution in [3.05, 3.63) is 24.3 Å². The molecule has 0 fully saturated rings. The number of phosphoric acid groups is 1. The molecule has 0 spiro atoms. The van der Waals surface area contributed by atoms with E-state index in [0.717, 1.165) is 38.5 Å². The second-order valence-electron chi connectivity index (χ2n) is 22.1. The third kappa shape index (κ3) is 54.6. The van der Waals surface area contributed by atoms with Crippen molar-refractivity contribution in [3.8, 4) is 0 Å². The van der Waals surface area contributed by atoms with Crippen molar-refractivity contribution in [2.24, 2.45) is 0 Å². The van der Waals surface area contributed by atoms with Gasteiger partial charge in [0.2, 0.25) is 5.91 Å². The average Bonchev–Trinajstić information content (AvgIpc) is 3.31. The molecule has 0 saturated carbocycles. The van der Waals surface area contributed by atoms with Crippen molar-refractivity contribution < 1.29 is 32.9 Å². The number of nitrogens with zero attached hydrogens (tertiary/aromatic N) is 1. The van der Waals surface area contributed by atoms with E-state index in [4.69, 9.17) is 9.05 Å². The van der Waals surface area contributed by atoms with E-state index < -0.39 is 20.0 Å². The maximum atomic E-state index is 13.0. The Labute approximate surface area is 430 Å². The molecule has 0 heterocycles. The molecule has 0 aliphatic rings. The van der Waals surface area contributed by atoms with Gasteiger partial charge < -0.3 is 28.8 Å². The molecule has 0 aromatic carbocycles. The van der Waals surface area contributed by atoms with Crippen LogP contribution in [0.3, 0.4) is 0 Å². The summed E-state index contributed by atoms with van der Waals surface area (Å²) in [6.45, 7) is 4.68. The van der Waals surface area contributed by atoms with Gasteiger partial charge in [-0.15, -0.1) is 0 Å². The van der Waals surface area contributed by atoms with Crippen molar-refractivity contribution in [3.63, 3.8) is 0 Å². The lowest BCUT2D eigenvalue weighted by Crippen LogP contribution is -2.45. The number of aliphatic hydroxyl groups is 1. The van der Waals surface area contributed by atoms with E-state index in [1.54, 1.807) is 6.08 Å². The Morgan fingerprint density at radius 1 is 0.493 bits per heavy atom. The van der Waals surface area contributed by atoms with E-state index in [2.05, 4.69) is 31.3 Å². The van der Waals surface area contributed by atoms with E-state index in [-0.39, 0.29) is 19.1 Å². The summed E-state index contributed by atoms with van der Waals surface area (Å²) in [7, 11) is 1.26. The summed E-state index contributed by atoms with van der Waals surface area (Å²) in [5.74, 6) is -0.200. The monoisotopic (exact) mass is 995 g/mol.